The fraction of sp³-hybridized carbons (Fsp3) is 0.154. The molecule has 166 valence electrons. The molecule has 0 radical (unpaired) electrons. The quantitative estimate of drug-likeness (QED) is 0.476. The molecule has 4 aromatic rings. The number of aromatic nitrogens is 2. The average molecular weight is 441 g/mol. The van der Waals surface area contributed by atoms with Gasteiger partial charge in [-0.25, -0.2) is 4.68 Å². The number of nitrogens with one attached hydrogen (secondary N) is 1. The lowest BCUT2D eigenvalue weighted by Crippen LogP contribution is -2.25. The molecule has 0 atom stereocenters. The van der Waals surface area contributed by atoms with E-state index in [1.54, 1.807) is 17.9 Å². The van der Waals surface area contributed by atoms with E-state index in [9.17, 15) is 4.79 Å². The summed E-state index contributed by atoms with van der Waals surface area (Å²) < 4.78 is 17.8. The van der Waals surface area contributed by atoms with Crippen molar-refractivity contribution in [2.45, 2.75) is 13.5 Å². The Hall–Kier alpha value is -4.26. The van der Waals surface area contributed by atoms with Crippen molar-refractivity contribution in [1.29, 1.82) is 0 Å². The van der Waals surface area contributed by atoms with Gasteiger partial charge in [0.15, 0.2) is 11.5 Å². The minimum absolute atomic E-state index is 0.216. The number of hydrogen-bond acceptors (Lipinski definition) is 5. The molecule has 3 aromatic carbocycles. The number of benzene rings is 3. The molecule has 7 heteroatoms. The number of carbonyl (C=O) groups is 1. The lowest BCUT2D eigenvalue weighted by molar-refractivity contribution is 0.0943. The van der Waals surface area contributed by atoms with Gasteiger partial charge in [-0.1, -0.05) is 35.9 Å². The molecule has 0 bridgehead atoms. The minimum Gasteiger partial charge on any atom is -0.497 e. The summed E-state index contributed by atoms with van der Waals surface area (Å²) in [5.74, 6) is 1.90. The second-order valence-electron chi connectivity index (χ2n) is 7.76. The van der Waals surface area contributed by atoms with Crippen molar-refractivity contribution in [3.63, 3.8) is 0 Å². The van der Waals surface area contributed by atoms with Crippen molar-refractivity contribution in [2.75, 3.05) is 13.9 Å². The number of methoxy groups -OCH3 is 1. The molecule has 1 amide bonds. The van der Waals surface area contributed by atoms with Crippen molar-refractivity contribution >= 4 is 5.91 Å². The third-order valence-electron chi connectivity index (χ3n) is 5.48. The first-order chi connectivity index (χ1) is 16.1. The highest BCUT2D eigenvalue weighted by Gasteiger charge is 2.19. The highest BCUT2D eigenvalue weighted by Crippen LogP contribution is 2.32. The van der Waals surface area contributed by atoms with Gasteiger partial charge in [-0.3, -0.25) is 4.79 Å². The zero-order valence-corrected chi connectivity index (χ0v) is 18.4. The fourth-order valence-electron chi connectivity index (χ4n) is 3.67. The summed E-state index contributed by atoms with van der Waals surface area (Å²) >= 11 is 0. The number of aryl methyl sites for hydroxylation is 1. The lowest BCUT2D eigenvalue weighted by atomic mass is 10.1. The number of amides is 1. The van der Waals surface area contributed by atoms with Crippen LogP contribution in [0.4, 0.5) is 0 Å². The van der Waals surface area contributed by atoms with Crippen LogP contribution in [0.5, 0.6) is 17.2 Å². The minimum atomic E-state index is -0.227. The second-order valence-corrected chi connectivity index (χ2v) is 7.76. The van der Waals surface area contributed by atoms with Gasteiger partial charge >= 0.3 is 0 Å². The van der Waals surface area contributed by atoms with Crippen LogP contribution in [0.1, 0.15) is 21.6 Å². The summed E-state index contributed by atoms with van der Waals surface area (Å²) in [4.78, 5) is 13.2. The average Bonchev–Trinajstić information content (AvgIpc) is 3.50. The van der Waals surface area contributed by atoms with Crippen LogP contribution in [0, 0.1) is 6.92 Å². The Morgan fingerprint density at radius 1 is 1.03 bits per heavy atom. The van der Waals surface area contributed by atoms with Crippen molar-refractivity contribution < 1.29 is 19.0 Å². The molecule has 5 rings (SSSR count). The van der Waals surface area contributed by atoms with Crippen LogP contribution in [-0.2, 0) is 6.54 Å². The summed E-state index contributed by atoms with van der Waals surface area (Å²) in [6.07, 6.45) is 0. The molecule has 0 unspecified atom stereocenters. The van der Waals surface area contributed by atoms with Gasteiger partial charge in [-0.15, -0.1) is 0 Å². The van der Waals surface area contributed by atoms with Gasteiger partial charge in [-0.2, -0.15) is 5.10 Å². The van der Waals surface area contributed by atoms with E-state index < -0.39 is 0 Å². The smallest absolute Gasteiger partial charge is 0.270 e. The Kier molecular flexibility index (Phi) is 5.44. The zero-order chi connectivity index (χ0) is 22.8. The number of fused-ring (bicyclic) bond motifs is 1. The van der Waals surface area contributed by atoms with Crippen LogP contribution >= 0.6 is 0 Å². The van der Waals surface area contributed by atoms with Gasteiger partial charge in [0.05, 0.1) is 18.5 Å². The van der Waals surface area contributed by atoms with Gasteiger partial charge in [-0.05, 0) is 55.0 Å². The van der Waals surface area contributed by atoms with Crippen LogP contribution in [0.3, 0.4) is 0 Å². The second kappa shape index (κ2) is 8.70. The molecule has 1 N–H and O–H groups in total. The van der Waals surface area contributed by atoms with E-state index in [4.69, 9.17) is 19.3 Å². The van der Waals surface area contributed by atoms with E-state index in [0.29, 0.717) is 29.4 Å². The van der Waals surface area contributed by atoms with Crippen molar-refractivity contribution in [3.8, 4) is 34.2 Å². The molecule has 0 saturated heterocycles. The zero-order valence-electron chi connectivity index (χ0n) is 18.4. The third-order valence-corrected chi connectivity index (χ3v) is 5.48. The first-order valence-corrected chi connectivity index (χ1v) is 10.6. The number of hydrogen-bond donors (Lipinski definition) is 1. The number of nitrogens with zero attached hydrogens (tertiary/aromatic N) is 2. The molecule has 7 nitrogen and oxygen atoms in total. The first-order valence-electron chi connectivity index (χ1n) is 10.6. The maximum absolute atomic E-state index is 13.2. The summed E-state index contributed by atoms with van der Waals surface area (Å²) in [7, 11) is 1.62. The Balaban J connectivity index is 1.45. The van der Waals surface area contributed by atoms with Gasteiger partial charge in [0, 0.05) is 12.1 Å². The van der Waals surface area contributed by atoms with Crippen LogP contribution in [0.2, 0.25) is 0 Å². The molecule has 0 spiro atoms. The normalized spacial score (nSPS) is 11.9. The van der Waals surface area contributed by atoms with Crippen molar-refractivity contribution in [3.05, 3.63) is 89.6 Å². The van der Waals surface area contributed by atoms with E-state index in [1.807, 2.05) is 73.7 Å². The standard InChI is InChI=1S/C26H23N3O4/c1-17-6-9-20(10-7-17)29-23(14-22(28-29)19-4-3-5-21(13-19)31-2)26(30)27-15-18-8-11-24-25(12-18)33-16-32-24/h3-14H,15-16H2,1-2H3,(H,27,30). The summed E-state index contributed by atoms with van der Waals surface area (Å²) in [6, 6.07) is 22.9. The van der Waals surface area contributed by atoms with Crippen LogP contribution in [0.15, 0.2) is 72.8 Å². The molecule has 2 heterocycles. The molecule has 0 saturated carbocycles. The Morgan fingerprint density at radius 2 is 1.85 bits per heavy atom. The van der Waals surface area contributed by atoms with Gasteiger partial charge in [0.25, 0.3) is 5.91 Å². The highest BCUT2D eigenvalue weighted by molar-refractivity contribution is 5.94. The summed E-state index contributed by atoms with van der Waals surface area (Å²) in [5, 5.41) is 7.74. The third kappa shape index (κ3) is 4.25. The predicted octanol–water partition coefficient (Wildman–Crippen LogP) is 4.52. The molecule has 0 fully saturated rings. The Bertz CT molecular complexity index is 1310. The Morgan fingerprint density at radius 3 is 2.67 bits per heavy atom. The number of rotatable bonds is 6. The molecule has 33 heavy (non-hydrogen) atoms. The topological polar surface area (TPSA) is 74.6 Å². The van der Waals surface area contributed by atoms with E-state index in [2.05, 4.69) is 5.32 Å². The maximum atomic E-state index is 13.2. The fourth-order valence-corrected chi connectivity index (χ4v) is 3.67. The lowest BCUT2D eigenvalue weighted by Gasteiger charge is -2.09. The summed E-state index contributed by atoms with van der Waals surface area (Å²) in [6.45, 7) is 2.59. The first kappa shape index (κ1) is 20.6. The Labute approximate surface area is 191 Å². The van der Waals surface area contributed by atoms with Crippen LogP contribution < -0.4 is 19.5 Å². The monoisotopic (exact) mass is 441 g/mol. The number of ether oxygens (including phenoxy) is 3. The van der Waals surface area contributed by atoms with Crippen LogP contribution in [0.25, 0.3) is 16.9 Å². The molecular weight excluding hydrogens is 418 g/mol. The van der Waals surface area contributed by atoms with Crippen LogP contribution in [-0.4, -0.2) is 29.6 Å². The highest BCUT2D eigenvalue weighted by atomic mass is 16.7. The molecule has 1 aromatic heterocycles. The van der Waals surface area contributed by atoms with Crippen molar-refractivity contribution in [1.82, 2.24) is 15.1 Å². The van der Waals surface area contributed by atoms with Gasteiger partial charge in [0.2, 0.25) is 6.79 Å². The van der Waals surface area contributed by atoms with E-state index >= 15 is 0 Å². The van der Waals surface area contributed by atoms with E-state index in [-0.39, 0.29) is 12.7 Å². The van der Waals surface area contributed by atoms with Gasteiger partial charge in [0.1, 0.15) is 11.4 Å². The molecule has 1 aliphatic heterocycles. The van der Waals surface area contributed by atoms with E-state index in [1.165, 1.54) is 0 Å². The van der Waals surface area contributed by atoms with E-state index in [0.717, 1.165) is 28.1 Å². The maximum Gasteiger partial charge on any atom is 0.270 e. The SMILES string of the molecule is COc1cccc(-c2cc(C(=O)NCc3ccc4c(c3)OCO4)n(-c3ccc(C)cc3)n2)c1. The molecule has 0 aliphatic carbocycles. The summed E-state index contributed by atoms with van der Waals surface area (Å²) in [5.41, 5.74) is 4.85. The predicted molar refractivity (Wildman–Crippen MR) is 124 cm³/mol. The molecule has 1 aliphatic rings. The number of carbonyl (C=O) groups excluding carboxylic acids is 1. The largest absolute Gasteiger partial charge is 0.497 e. The van der Waals surface area contributed by atoms with Gasteiger partial charge < -0.3 is 19.5 Å². The van der Waals surface area contributed by atoms with Crippen molar-refractivity contribution in [2.24, 2.45) is 0 Å². The molecular formula is C26H23N3O4.